The number of piperidine rings is 1. The first-order valence-electron chi connectivity index (χ1n) is 17.1. The Morgan fingerprint density at radius 3 is 2.18 bits per heavy atom. The van der Waals surface area contributed by atoms with E-state index in [1.807, 2.05) is 0 Å². The molecule has 2 N–H and O–H groups in total. The van der Waals surface area contributed by atoms with Gasteiger partial charge >= 0.3 is 6.03 Å². The number of nitrogens with zero attached hydrogens (tertiary/aromatic N) is 3. The molecule has 2 aromatic carbocycles. The summed E-state index contributed by atoms with van der Waals surface area (Å²) in [5, 5.41) is 10.0. The van der Waals surface area contributed by atoms with Gasteiger partial charge < -0.3 is 25.1 Å². The molecule has 0 spiro atoms. The lowest BCUT2D eigenvalue weighted by molar-refractivity contribution is -0.122. The maximum atomic E-state index is 12.7. The number of carbonyl (C=O) groups is 2. The second-order valence-corrected chi connectivity index (χ2v) is 13.5. The van der Waals surface area contributed by atoms with Gasteiger partial charge in [-0.1, -0.05) is 79.4 Å². The number of benzene rings is 2. The van der Waals surface area contributed by atoms with Crippen molar-refractivity contribution in [3.63, 3.8) is 0 Å². The largest absolute Gasteiger partial charge is 0.483 e. The van der Waals surface area contributed by atoms with Crippen LogP contribution >= 0.6 is 0 Å². The number of urea groups is 1. The van der Waals surface area contributed by atoms with Crippen LogP contribution in [0.3, 0.4) is 0 Å². The molecule has 7 nitrogen and oxygen atoms in total. The molecule has 2 saturated heterocycles. The highest BCUT2D eigenvalue weighted by molar-refractivity contribution is 5.74. The topological polar surface area (TPSA) is 76.1 Å². The van der Waals surface area contributed by atoms with E-state index >= 15 is 0 Å². The highest BCUT2D eigenvalue weighted by Crippen LogP contribution is 2.32. The first-order valence-corrected chi connectivity index (χ1v) is 17.1. The van der Waals surface area contributed by atoms with Crippen molar-refractivity contribution >= 4 is 12.5 Å². The third kappa shape index (κ3) is 11.6. The lowest BCUT2D eigenvalue weighted by Crippen LogP contribution is -2.50. The van der Waals surface area contributed by atoms with Gasteiger partial charge in [-0.05, 0) is 107 Å². The minimum absolute atomic E-state index is 0.118. The Bertz CT molecular complexity index is 1090. The predicted octanol–water partition coefficient (Wildman–Crippen LogP) is 6.77. The van der Waals surface area contributed by atoms with Gasteiger partial charge in [-0.3, -0.25) is 4.79 Å². The van der Waals surface area contributed by atoms with E-state index in [0.29, 0.717) is 12.6 Å². The molecule has 2 aliphatic carbocycles. The fraction of sp³-hybridized carbons (Fsp3) is 0.622. The van der Waals surface area contributed by atoms with Crippen LogP contribution in [0, 0.1) is 18.8 Å². The molecular formula is C37H56N4O3. The molecule has 0 unspecified atom stereocenters. The Balaban J connectivity index is 0.000000189. The van der Waals surface area contributed by atoms with E-state index in [4.69, 9.17) is 9.90 Å². The first-order chi connectivity index (χ1) is 21.4. The SMILES string of the molecule is Cc1ccc(CNC(=O)N(CC2CC2)C2CCN(C)CC2)cc1.O=CO.c1ccc([C@@H]2CCN(CC3CCCCC3)C2)cc1. The van der Waals surface area contributed by atoms with Crippen LogP contribution < -0.4 is 5.32 Å². The Hall–Kier alpha value is -2.90. The van der Waals surface area contributed by atoms with Gasteiger partial charge in [0.05, 0.1) is 0 Å². The zero-order chi connectivity index (χ0) is 31.1. The van der Waals surface area contributed by atoms with E-state index in [9.17, 15) is 4.79 Å². The summed E-state index contributed by atoms with van der Waals surface area (Å²) in [6.07, 6.45) is 13.5. The Morgan fingerprint density at radius 1 is 0.886 bits per heavy atom. The molecule has 44 heavy (non-hydrogen) atoms. The minimum Gasteiger partial charge on any atom is -0.483 e. The van der Waals surface area contributed by atoms with Crippen LogP contribution in [0.5, 0.6) is 0 Å². The number of hydrogen-bond donors (Lipinski definition) is 2. The summed E-state index contributed by atoms with van der Waals surface area (Å²) in [5.41, 5.74) is 3.96. The number of carboxylic acid groups (broad SMARTS) is 1. The molecule has 2 amide bonds. The van der Waals surface area contributed by atoms with E-state index < -0.39 is 0 Å². The standard InChI is InChI=1S/C19H29N3O.C17H25N.CH2O2/c1-15-3-5-16(6-4-15)13-20-19(23)22(14-17-7-8-17)18-9-11-21(2)12-10-18;1-3-7-15(8-4-1)13-18-12-11-17(14-18)16-9-5-2-6-10-16;2-1-3/h3-6,17-18H,7-14H2,1-2H3,(H,20,23);2,5-6,9-10,15,17H,1,3-4,7-8,11-14H2;1H,(H,2,3)/t;17-;/m.1./s1. The molecule has 1 atom stereocenters. The number of aryl methyl sites for hydroxylation is 1. The zero-order valence-corrected chi connectivity index (χ0v) is 27.2. The van der Waals surface area contributed by atoms with Crippen molar-refractivity contribution in [3.8, 4) is 0 Å². The molecule has 0 radical (unpaired) electrons. The fourth-order valence-electron chi connectivity index (χ4n) is 7.00. The summed E-state index contributed by atoms with van der Waals surface area (Å²) in [5.74, 6) is 2.52. The number of rotatable bonds is 8. The van der Waals surface area contributed by atoms with E-state index in [1.165, 1.54) is 82.1 Å². The smallest absolute Gasteiger partial charge is 0.317 e. The number of nitrogens with one attached hydrogen (secondary N) is 1. The Morgan fingerprint density at radius 2 is 1.55 bits per heavy atom. The predicted molar refractivity (Wildman–Crippen MR) is 179 cm³/mol. The van der Waals surface area contributed by atoms with Crippen LogP contribution in [0.1, 0.15) is 86.8 Å². The van der Waals surface area contributed by atoms with Gasteiger partial charge in [0.1, 0.15) is 0 Å². The lowest BCUT2D eigenvalue weighted by Gasteiger charge is -2.37. The summed E-state index contributed by atoms with van der Waals surface area (Å²) < 4.78 is 0. The van der Waals surface area contributed by atoms with Crippen molar-refractivity contribution in [1.82, 2.24) is 20.0 Å². The first kappa shape index (κ1) is 34.0. The van der Waals surface area contributed by atoms with Gasteiger partial charge in [-0.25, -0.2) is 4.79 Å². The molecule has 0 bridgehead atoms. The van der Waals surface area contributed by atoms with Gasteiger partial charge in [-0.15, -0.1) is 0 Å². The van der Waals surface area contributed by atoms with E-state index in [0.717, 1.165) is 50.2 Å². The Labute approximate surface area is 266 Å². The molecule has 7 heteroatoms. The van der Waals surface area contributed by atoms with Crippen molar-refractivity contribution in [3.05, 3.63) is 71.3 Å². The quantitative estimate of drug-likeness (QED) is 0.326. The summed E-state index contributed by atoms with van der Waals surface area (Å²) >= 11 is 0. The van der Waals surface area contributed by atoms with Crippen LogP contribution in [0.15, 0.2) is 54.6 Å². The van der Waals surface area contributed by atoms with Gasteiger partial charge in [0, 0.05) is 32.2 Å². The van der Waals surface area contributed by atoms with Gasteiger partial charge in [-0.2, -0.15) is 0 Å². The monoisotopic (exact) mass is 604 g/mol. The summed E-state index contributed by atoms with van der Waals surface area (Å²) in [7, 11) is 2.17. The molecule has 2 heterocycles. The van der Waals surface area contributed by atoms with E-state index in [-0.39, 0.29) is 12.5 Å². The van der Waals surface area contributed by atoms with Crippen LogP contribution in [0.25, 0.3) is 0 Å². The third-order valence-electron chi connectivity index (χ3n) is 9.89. The van der Waals surface area contributed by atoms with Crippen molar-refractivity contribution in [2.45, 2.75) is 89.6 Å². The highest BCUT2D eigenvalue weighted by atomic mass is 16.3. The molecule has 2 saturated carbocycles. The van der Waals surface area contributed by atoms with Crippen molar-refractivity contribution in [2.75, 3.05) is 46.3 Å². The van der Waals surface area contributed by atoms with Crippen LogP contribution in [0.4, 0.5) is 4.79 Å². The minimum atomic E-state index is -0.250. The average Bonchev–Trinajstić information content (AvgIpc) is 3.76. The van der Waals surface area contributed by atoms with Gasteiger partial charge in [0.15, 0.2) is 0 Å². The average molecular weight is 605 g/mol. The zero-order valence-electron chi connectivity index (χ0n) is 27.2. The second kappa shape index (κ2) is 18.2. The van der Waals surface area contributed by atoms with Crippen LogP contribution in [0.2, 0.25) is 0 Å². The lowest BCUT2D eigenvalue weighted by atomic mass is 9.89. The maximum Gasteiger partial charge on any atom is 0.317 e. The van der Waals surface area contributed by atoms with E-state index in [2.05, 4.69) is 88.6 Å². The summed E-state index contributed by atoms with van der Waals surface area (Å²) in [4.78, 5) is 28.3. The van der Waals surface area contributed by atoms with Crippen LogP contribution in [-0.4, -0.2) is 84.7 Å². The molecule has 242 valence electrons. The van der Waals surface area contributed by atoms with Gasteiger partial charge in [0.25, 0.3) is 6.47 Å². The third-order valence-corrected chi connectivity index (χ3v) is 9.89. The molecule has 2 aromatic rings. The normalized spacial score (nSPS) is 21.4. The molecular weight excluding hydrogens is 548 g/mol. The van der Waals surface area contributed by atoms with E-state index in [1.54, 1.807) is 5.56 Å². The molecule has 2 aliphatic heterocycles. The highest BCUT2D eigenvalue weighted by Gasteiger charge is 2.32. The van der Waals surface area contributed by atoms with Gasteiger partial charge in [0.2, 0.25) is 0 Å². The fourth-order valence-corrected chi connectivity index (χ4v) is 7.00. The number of carbonyl (C=O) groups excluding carboxylic acids is 1. The van der Waals surface area contributed by atoms with Crippen molar-refractivity contribution in [1.29, 1.82) is 0 Å². The molecule has 4 fully saturated rings. The van der Waals surface area contributed by atoms with Crippen LogP contribution in [-0.2, 0) is 11.3 Å². The number of likely N-dealkylation sites (tertiary alicyclic amines) is 2. The Kier molecular flexibility index (Phi) is 14.0. The molecule has 0 aromatic heterocycles. The number of hydrogen-bond acceptors (Lipinski definition) is 4. The number of amides is 2. The molecule has 4 aliphatic rings. The van der Waals surface area contributed by atoms with Crippen molar-refractivity contribution < 1.29 is 14.7 Å². The van der Waals surface area contributed by atoms with Crippen molar-refractivity contribution in [2.24, 2.45) is 11.8 Å². The summed E-state index contributed by atoms with van der Waals surface area (Å²) in [6, 6.07) is 20.0. The summed E-state index contributed by atoms with van der Waals surface area (Å²) in [6.45, 7) is 9.55. The second-order valence-electron chi connectivity index (χ2n) is 13.5. The molecule has 6 rings (SSSR count). The maximum absolute atomic E-state index is 12.7.